The predicted molar refractivity (Wildman–Crippen MR) is 271 cm³/mol. The van der Waals surface area contributed by atoms with Crippen LogP contribution in [0.4, 0.5) is 0 Å². The Labute approximate surface area is 404 Å². The summed E-state index contributed by atoms with van der Waals surface area (Å²) in [5.41, 5.74) is 6.96. The summed E-state index contributed by atoms with van der Waals surface area (Å²) in [5.74, 6) is 2.16. The fraction of sp³-hybridized carbons (Fsp3) is 0.373. The van der Waals surface area contributed by atoms with E-state index in [2.05, 4.69) is 92.0 Å². The Balaban J connectivity index is 0.966. The van der Waals surface area contributed by atoms with E-state index in [1.54, 1.807) is 18.2 Å². The molecule has 358 valence electrons. The van der Waals surface area contributed by atoms with Crippen molar-refractivity contribution < 1.29 is 38.0 Å². The van der Waals surface area contributed by atoms with E-state index in [0.717, 1.165) is 96.2 Å². The topological polar surface area (TPSA) is 113 Å². The normalized spacial score (nSPS) is 10.7. The van der Waals surface area contributed by atoms with Crippen molar-refractivity contribution in [2.75, 3.05) is 26.4 Å². The third kappa shape index (κ3) is 20.0. The molecule has 0 bridgehead atoms. The number of ether oxygens (including phenoxy) is 6. The predicted octanol–water partition coefficient (Wildman–Crippen LogP) is 14.5. The van der Waals surface area contributed by atoms with Gasteiger partial charge < -0.3 is 28.4 Å². The summed E-state index contributed by atoms with van der Waals surface area (Å²) >= 11 is 0. The van der Waals surface area contributed by atoms with Crippen molar-refractivity contribution in [3.8, 4) is 51.3 Å². The average molecular weight is 920 g/mol. The van der Waals surface area contributed by atoms with Crippen LogP contribution in [0.2, 0.25) is 0 Å². The van der Waals surface area contributed by atoms with E-state index in [1.807, 2.05) is 24.3 Å². The van der Waals surface area contributed by atoms with Gasteiger partial charge in [0, 0.05) is 18.2 Å². The van der Waals surface area contributed by atoms with Gasteiger partial charge in [-0.15, -0.1) is 0 Å². The van der Waals surface area contributed by atoms with E-state index >= 15 is 0 Å². The van der Waals surface area contributed by atoms with Crippen molar-refractivity contribution in [2.24, 2.45) is 0 Å². The number of hydrogen-bond acceptors (Lipinski definition) is 9. The van der Waals surface area contributed by atoms with Gasteiger partial charge in [-0.1, -0.05) is 163 Å². The molecule has 9 nitrogen and oxygen atoms in total. The second kappa shape index (κ2) is 31.2. The molecular formula is C59H69NO8. The van der Waals surface area contributed by atoms with Crippen LogP contribution >= 0.6 is 0 Å². The molecule has 0 aromatic heterocycles. The zero-order valence-corrected chi connectivity index (χ0v) is 39.8. The van der Waals surface area contributed by atoms with Crippen LogP contribution in [0.3, 0.4) is 0 Å². The lowest BCUT2D eigenvalue weighted by Gasteiger charge is -2.14. The maximum atomic E-state index is 11.1. The van der Waals surface area contributed by atoms with E-state index in [1.165, 1.54) is 63.5 Å². The van der Waals surface area contributed by atoms with Gasteiger partial charge in [-0.3, -0.25) is 0 Å². The molecule has 0 amide bonds. The number of nitriles is 1. The molecule has 0 atom stereocenters. The summed E-state index contributed by atoms with van der Waals surface area (Å²) in [4.78, 5) is 22.1. The highest BCUT2D eigenvalue weighted by Gasteiger charge is 2.10. The Morgan fingerprint density at radius 1 is 0.412 bits per heavy atom. The Morgan fingerprint density at radius 2 is 0.750 bits per heavy atom. The molecule has 0 aliphatic carbocycles. The molecule has 0 heterocycles. The van der Waals surface area contributed by atoms with Gasteiger partial charge in [-0.25, -0.2) is 9.59 Å². The number of unbranched alkanes of at least 4 members (excludes halogenated alkanes) is 14. The minimum absolute atomic E-state index is 0.327. The quantitative estimate of drug-likeness (QED) is 0.0226. The van der Waals surface area contributed by atoms with Gasteiger partial charge in [-0.2, -0.15) is 5.26 Å². The Morgan fingerprint density at radius 3 is 1.12 bits per heavy atom. The maximum Gasteiger partial charge on any atom is 0.330 e. The van der Waals surface area contributed by atoms with Crippen molar-refractivity contribution in [1.29, 1.82) is 5.26 Å². The zero-order valence-electron chi connectivity index (χ0n) is 39.8. The summed E-state index contributed by atoms with van der Waals surface area (Å²) in [7, 11) is 0. The molecule has 9 heteroatoms. The summed E-state index contributed by atoms with van der Waals surface area (Å²) < 4.78 is 34.5. The van der Waals surface area contributed by atoms with Gasteiger partial charge in [0.1, 0.15) is 24.7 Å². The highest BCUT2D eigenvalue weighted by Crippen LogP contribution is 2.31. The summed E-state index contributed by atoms with van der Waals surface area (Å²) in [6, 6.07) is 40.6. The van der Waals surface area contributed by atoms with Crippen molar-refractivity contribution >= 4 is 11.9 Å². The lowest BCUT2D eigenvalue weighted by atomic mass is 10.0. The van der Waals surface area contributed by atoms with Crippen LogP contribution in [0.25, 0.3) is 22.3 Å². The highest BCUT2D eigenvalue weighted by atomic mass is 16.5. The summed E-state index contributed by atoms with van der Waals surface area (Å²) in [6.07, 6.45) is 20.3. The van der Waals surface area contributed by atoms with Crippen molar-refractivity contribution in [1.82, 2.24) is 0 Å². The molecule has 5 aromatic rings. The van der Waals surface area contributed by atoms with Crippen LogP contribution in [0, 0.1) is 11.3 Å². The molecule has 0 fully saturated rings. The van der Waals surface area contributed by atoms with E-state index in [-0.39, 0.29) is 11.9 Å². The number of hydrogen-bond donors (Lipinski definition) is 0. The smallest absolute Gasteiger partial charge is 0.330 e. The van der Waals surface area contributed by atoms with Crippen molar-refractivity contribution in [3.05, 3.63) is 157 Å². The molecule has 0 saturated heterocycles. The molecule has 0 unspecified atom stereocenters. The number of carbonyl (C=O) groups excluding carboxylic acids is 2. The molecule has 5 aromatic carbocycles. The average Bonchev–Trinajstić information content (AvgIpc) is 3.38. The van der Waals surface area contributed by atoms with Gasteiger partial charge in [0.2, 0.25) is 0 Å². The van der Waals surface area contributed by atoms with Crippen LogP contribution in [0.15, 0.2) is 141 Å². The van der Waals surface area contributed by atoms with Gasteiger partial charge >= 0.3 is 11.9 Å². The van der Waals surface area contributed by atoms with E-state index in [4.69, 9.17) is 28.4 Å². The Kier molecular flexibility index (Phi) is 24.0. The summed E-state index contributed by atoms with van der Waals surface area (Å²) in [6.45, 7) is 9.87. The lowest BCUT2D eigenvalue weighted by molar-refractivity contribution is -0.138. The van der Waals surface area contributed by atoms with Crippen LogP contribution in [-0.2, 0) is 32.3 Å². The second-order valence-electron chi connectivity index (χ2n) is 16.9. The van der Waals surface area contributed by atoms with E-state index < -0.39 is 0 Å². The molecule has 5 rings (SSSR count). The van der Waals surface area contributed by atoms with Gasteiger partial charge in [0.05, 0.1) is 38.1 Å². The van der Waals surface area contributed by atoms with Crippen LogP contribution in [-0.4, -0.2) is 38.4 Å². The molecule has 0 aliphatic heterocycles. The highest BCUT2D eigenvalue weighted by molar-refractivity contribution is 5.81. The monoisotopic (exact) mass is 920 g/mol. The second-order valence-corrected chi connectivity index (χ2v) is 16.9. The third-order valence-electron chi connectivity index (χ3n) is 11.6. The number of esters is 2. The molecule has 0 N–H and O–H groups in total. The van der Waals surface area contributed by atoms with Gasteiger partial charge in [0.15, 0.2) is 11.5 Å². The van der Waals surface area contributed by atoms with E-state index in [9.17, 15) is 14.9 Å². The molecule has 68 heavy (non-hydrogen) atoms. The fourth-order valence-corrected chi connectivity index (χ4v) is 7.58. The van der Waals surface area contributed by atoms with Crippen molar-refractivity contribution in [3.63, 3.8) is 0 Å². The Bertz CT molecular complexity index is 2280. The number of rotatable bonds is 34. The Hall–Kier alpha value is -6.79. The lowest BCUT2D eigenvalue weighted by Crippen LogP contribution is -2.01. The first-order valence-electron chi connectivity index (χ1n) is 24.5. The molecule has 0 spiro atoms. The molecule has 0 saturated carbocycles. The first kappa shape index (κ1) is 52.2. The van der Waals surface area contributed by atoms with E-state index in [0.29, 0.717) is 56.7 Å². The first-order chi connectivity index (χ1) is 33.4. The standard InChI is InChI=1S/C59H69NO8/c1-3-58(61)65-41-19-15-11-7-5-9-13-17-39-63-54-34-30-52(31-35-54)50-26-21-47(22-27-50)45-67-56-38-25-49(44-60)43-57(56)68-46-48-23-28-51(29-24-48)53-32-36-55(37-33-53)64-40-18-14-10-6-8-12-16-20-42-66-59(62)4-2/h3-4,21-38,43H,1-2,5-20,39-42,45-46H2. The fourth-order valence-electron chi connectivity index (χ4n) is 7.58. The zero-order chi connectivity index (χ0) is 47.9. The van der Waals surface area contributed by atoms with Crippen LogP contribution in [0.5, 0.6) is 23.0 Å². The molecular weight excluding hydrogens is 851 g/mol. The third-order valence-corrected chi connectivity index (χ3v) is 11.6. The maximum absolute atomic E-state index is 11.1. The van der Waals surface area contributed by atoms with Crippen LogP contribution in [0.1, 0.15) is 119 Å². The summed E-state index contributed by atoms with van der Waals surface area (Å²) in [5, 5.41) is 9.61. The van der Waals surface area contributed by atoms with Crippen molar-refractivity contribution in [2.45, 2.75) is 116 Å². The molecule has 0 radical (unpaired) electrons. The largest absolute Gasteiger partial charge is 0.494 e. The SMILES string of the molecule is C=CC(=O)OCCCCCCCCCCOc1ccc(-c2ccc(COc3ccc(C#N)cc3OCc3ccc(-c4ccc(OCCCCCCCCCCOC(=O)C=C)cc4)cc3)cc2)cc1. The number of benzene rings is 5. The van der Waals surface area contributed by atoms with Gasteiger partial charge in [0.25, 0.3) is 0 Å². The minimum atomic E-state index is -0.345. The molecule has 0 aliphatic rings. The van der Waals surface area contributed by atoms with Gasteiger partial charge in [-0.05, 0) is 95.5 Å². The number of carbonyl (C=O) groups is 2. The number of nitrogens with zero attached hydrogens (tertiary/aromatic N) is 1. The first-order valence-corrected chi connectivity index (χ1v) is 24.5. The minimum Gasteiger partial charge on any atom is -0.494 e. The van der Waals surface area contributed by atoms with Crippen LogP contribution < -0.4 is 18.9 Å².